The third-order valence-corrected chi connectivity index (χ3v) is 8.42. The van der Waals surface area contributed by atoms with E-state index in [9.17, 15) is 13.2 Å². The highest BCUT2D eigenvalue weighted by Gasteiger charge is 2.29. The molecular formula is C21H20N2O3S3. The SMILES string of the molecule is CSc1cccc(NC(=O)c2cccc(S(=O)(=O)N3CCc4sccc4C3)c2)c1. The summed E-state index contributed by atoms with van der Waals surface area (Å²) < 4.78 is 27.7. The van der Waals surface area contributed by atoms with Crippen molar-refractivity contribution >= 4 is 44.7 Å². The number of rotatable bonds is 5. The summed E-state index contributed by atoms with van der Waals surface area (Å²) in [6.45, 7) is 0.826. The summed E-state index contributed by atoms with van der Waals surface area (Å²) in [5, 5.41) is 4.84. The molecule has 1 aromatic heterocycles. The van der Waals surface area contributed by atoms with Crippen molar-refractivity contribution in [2.45, 2.75) is 22.8 Å². The lowest BCUT2D eigenvalue weighted by atomic mass is 10.1. The molecule has 0 spiro atoms. The number of thiophene rings is 1. The number of hydrogen-bond donors (Lipinski definition) is 1. The molecule has 0 radical (unpaired) electrons. The highest BCUT2D eigenvalue weighted by molar-refractivity contribution is 7.98. The van der Waals surface area contributed by atoms with E-state index >= 15 is 0 Å². The first-order valence-corrected chi connectivity index (χ1v) is 12.6. The number of carbonyl (C=O) groups is 1. The van der Waals surface area contributed by atoms with Gasteiger partial charge in [0.1, 0.15) is 0 Å². The normalized spacial score (nSPS) is 14.4. The van der Waals surface area contributed by atoms with Gasteiger partial charge in [-0.25, -0.2) is 8.42 Å². The third-order valence-electron chi connectivity index (χ3n) is 4.83. The molecule has 0 atom stereocenters. The largest absolute Gasteiger partial charge is 0.322 e. The van der Waals surface area contributed by atoms with Crippen LogP contribution in [-0.2, 0) is 23.0 Å². The Kier molecular flexibility index (Phi) is 5.78. The van der Waals surface area contributed by atoms with Gasteiger partial charge in [-0.1, -0.05) is 12.1 Å². The Morgan fingerprint density at radius 2 is 1.97 bits per heavy atom. The van der Waals surface area contributed by atoms with E-state index < -0.39 is 10.0 Å². The number of nitrogens with one attached hydrogen (secondary N) is 1. The van der Waals surface area contributed by atoms with Gasteiger partial charge in [-0.2, -0.15) is 4.31 Å². The van der Waals surface area contributed by atoms with Crippen LogP contribution in [0.5, 0.6) is 0 Å². The maximum absolute atomic E-state index is 13.1. The maximum atomic E-state index is 13.1. The summed E-state index contributed by atoms with van der Waals surface area (Å²) >= 11 is 3.26. The van der Waals surface area contributed by atoms with Crippen molar-refractivity contribution in [1.82, 2.24) is 4.31 Å². The molecule has 1 aliphatic rings. The summed E-state index contributed by atoms with van der Waals surface area (Å²) in [5.41, 5.74) is 2.05. The zero-order valence-corrected chi connectivity index (χ0v) is 18.2. The predicted octanol–water partition coefficient (Wildman–Crippen LogP) is 4.47. The van der Waals surface area contributed by atoms with Gasteiger partial charge >= 0.3 is 0 Å². The number of hydrogen-bond acceptors (Lipinski definition) is 5. The standard InChI is InChI=1S/C21H20N2O3S3/c1-27-18-6-3-5-17(13-18)22-21(24)15-4-2-7-19(12-15)29(25,26)23-10-8-20-16(14-23)9-11-28-20/h2-7,9,11-13H,8,10,14H2,1H3,(H,22,24). The minimum Gasteiger partial charge on any atom is -0.322 e. The van der Waals surface area contributed by atoms with E-state index in [0.717, 1.165) is 16.9 Å². The van der Waals surface area contributed by atoms with Gasteiger partial charge in [-0.05, 0) is 66.1 Å². The van der Waals surface area contributed by atoms with Gasteiger partial charge in [0.05, 0.1) is 4.90 Å². The van der Waals surface area contributed by atoms with Crippen LogP contribution >= 0.6 is 23.1 Å². The lowest BCUT2D eigenvalue weighted by molar-refractivity contribution is 0.102. The van der Waals surface area contributed by atoms with Crippen LogP contribution in [0, 0.1) is 0 Å². The molecule has 150 valence electrons. The fourth-order valence-corrected chi connectivity index (χ4v) is 6.09. The zero-order valence-electron chi connectivity index (χ0n) is 15.8. The Morgan fingerprint density at radius 3 is 2.79 bits per heavy atom. The fourth-order valence-electron chi connectivity index (χ4n) is 3.28. The van der Waals surface area contributed by atoms with Crippen molar-refractivity contribution < 1.29 is 13.2 Å². The maximum Gasteiger partial charge on any atom is 0.255 e. The second kappa shape index (κ2) is 8.31. The van der Waals surface area contributed by atoms with E-state index in [2.05, 4.69) is 5.32 Å². The predicted molar refractivity (Wildman–Crippen MR) is 118 cm³/mol. The fraction of sp³-hybridized carbons (Fsp3) is 0.190. The van der Waals surface area contributed by atoms with Gasteiger partial charge in [0.2, 0.25) is 10.0 Å². The van der Waals surface area contributed by atoms with E-state index in [1.54, 1.807) is 41.3 Å². The summed E-state index contributed by atoms with van der Waals surface area (Å²) in [4.78, 5) is 15.1. The van der Waals surface area contributed by atoms with E-state index in [1.165, 1.54) is 15.2 Å². The van der Waals surface area contributed by atoms with Crippen molar-refractivity contribution in [2.24, 2.45) is 0 Å². The first-order chi connectivity index (χ1) is 14.0. The Bertz CT molecular complexity index is 1160. The van der Waals surface area contributed by atoms with Gasteiger partial charge in [0.15, 0.2) is 0 Å². The molecule has 5 nitrogen and oxygen atoms in total. The molecule has 0 saturated heterocycles. The molecule has 29 heavy (non-hydrogen) atoms. The molecule has 3 aromatic rings. The molecule has 0 aliphatic carbocycles. The number of sulfonamides is 1. The summed E-state index contributed by atoms with van der Waals surface area (Å²) in [6, 6.07) is 15.7. The first-order valence-electron chi connectivity index (χ1n) is 9.08. The summed E-state index contributed by atoms with van der Waals surface area (Å²) in [5.74, 6) is -0.334. The van der Waals surface area contributed by atoms with Crippen molar-refractivity contribution in [1.29, 1.82) is 0 Å². The summed E-state index contributed by atoms with van der Waals surface area (Å²) in [7, 11) is -3.67. The molecule has 8 heteroatoms. The molecule has 1 amide bonds. The smallest absolute Gasteiger partial charge is 0.255 e. The monoisotopic (exact) mass is 444 g/mol. The van der Waals surface area contributed by atoms with Crippen LogP contribution < -0.4 is 5.32 Å². The van der Waals surface area contributed by atoms with E-state index in [-0.39, 0.29) is 10.8 Å². The van der Waals surface area contributed by atoms with Crippen LogP contribution in [0.1, 0.15) is 20.8 Å². The van der Waals surface area contributed by atoms with Crippen molar-refractivity contribution in [2.75, 3.05) is 18.1 Å². The molecule has 0 bridgehead atoms. The molecule has 0 fully saturated rings. The Morgan fingerprint density at radius 1 is 1.14 bits per heavy atom. The number of anilines is 1. The quantitative estimate of drug-likeness (QED) is 0.590. The molecule has 2 aromatic carbocycles. The number of amides is 1. The lowest BCUT2D eigenvalue weighted by Gasteiger charge is -2.26. The van der Waals surface area contributed by atoms with Crippen LogP contribution in [0.4, 0.5) is 5.69 Å². The van der Waals surface area contributed by atoms with Gasteiger partial charge in [0.25, 0.3) is 5.91 Å². The topological polar surface area (TPSA) is 66.5 Å². The van der Waals surface area contributed by atoms with Crippen molar-refractivity contribution in [3.05, 3.63) is 76.0 Å². The average molecular weight is 445 g/mol. The number of fused-ring (bicyclic) bond motifs is 1. The first kappa shape index (κ1) is 20.2. The van der Waals surface area contributed by atoms with Crippen LogP contribution in [0.25, 0.3) is 0 Å². The Hall–Kier alpha value is -2.13. The van der Waals surface area contributed by atoms with Gasteiger partial charge in [0, 0.05) is 34.1 Å². The zero-order chi connectivity index (χ0) is 20.4. The van der Waals surface area contributed by atoms with Gasteiger partial charge in [-0.3, -0.25) is 4.79 Å². The Balaban J connectivity index is 1.55. The second-order valence-electron chi connectivity index (χ2n) is 6.67. The molecule has 0 unspecified atom stereocenters. The van der Waals surface area contributed by atoms with E-state index in [0.29, 0.717) is 24.3 Å². The van der Waals surface area contributed by atoms with Gasteiger partial charge in [-0.15, -0.1) is 23.1 Å². The minimum absolute atomic E-state index is 0.140. The summed E-state index contributed by atoms with van der Waals surface area (Å²) in [6.07, 6.45) is 2.69. The highest BCUT2D eigenvalue weighted by Crippen LogP contribution is 2.28. The highest BCUT2D eigenvalue weighted by atomic mass is 32.2. The molecule has 4 rings (SSSR count). The van der Waals surface area contributed by atoms with Crippen LogP contribution in [0.3, 0.4) is 0 Å². The third kappa shape index (κ3) is 4.25. The van der Waals surface area contributed by atoms with E-state index in [1.807, 2.05) is 42.0 Å². The number of thioether (sulfide) groups is 1. The Labute approximate surface area is 178 Å². The minimum atomic E-state index is -3.67. The average Bonchev–Trinajstić information content (AvgIpc) is 3.22. The molecule has 2 heterocycles. The van der Waals surface area contributed by atoms with E-state index in [4.69, 9.17) is 0 Å². The number of benzene rings is 2. The number of nitrogens with zero attached hydrogens (tertiary/aromatic N) is 1. The molecule has 1 aliphatic heterocycles. The molecule has 0 saturated carbocycles. The second-order valence-corrected chi connectivity index (χ2v) is 10.5. The van der Waals surface area contributed by atoms with Crippen LogP contribution in [0.2, 0.25) is 0 Å². The van der Waals surface area contributed by atoms with Crippen LogP contribution in [0.15, 0.2) is 69.8 Å². The van der Waals surface area contributed by atoms with Crippen molar-refractivity contribution in [3.8, 4) is 0 Å². The molecular weight excluding hydrogens is 424 g/mol. The molecule has 1 N–H and O–H groups in total. The number of carbonyl (C=O) groups excluding carboxylic acids is 1. The van der Waals surface area contributed by atoms with Gasteiger partial charge < -0.3 is 5.32 Å². The van der Waals surface area contributed by atoms with Crippen LogP contribution in [-0.4, -0.2) is 31.4 Å². The van der Waals surface area contributed by atoms with Crippen molar-refractivity contribution in [3.63, 3.8) is 0 Å². The lowest BCUT2D eigenvalue weighted by Crippen LogP contribution is -2.35.